The van der Waals surface area contributed by atoms with Gasteiger partial charge in [0.25, 0.3) is 0 Å². The molecule has 0 aliphatic rings. The van der Waals surface area contributed by atoms with Crippen molar-refractivity contribution in [2.75, 3.05) is 11.9 Å². The summed E-state index contributed by atoms with van der Waals surface area (Å²) in [6.07, 6.45) is 0. The average Bonchev–Trinajstić information content (AvgIpc) is 2.77. The second-order valence-corrected chi connectivity index (χ2v) is 4.11. The third-order valence-electron chi connectivity index (χ3n) is 2.36. The number of ether oxygens (including phenoxy) is 1. The standard InChI is InChI=1S/C12H12ClN5O/c1-4-19-10-6-9(17-18-10)15-8-5-7(2)11(14-3)12(13)16-8/h5-6H,4H2,1-2H3,(H2,15,16,17,18). The molecule has 0 aromatic carbocycles. The van der Waals surface area contributed by atoms with Crippen LogP contribution < -0.4 is 10.1 Å². The predicted octanol–water partition coefficient (Wildman–Crippen LogP) is 3.46. The maximum Gasteiger partial charge on any atom is 0.226 e. The van der Waals surface area contributed by atoms with Crippen LogP contribution in [-0.2, 0) is 0 Å². The molecule has 2 N–H and O–H groups in total. The van der Waals surface area contributed by atoms with E-state index < -0.39 is 0 Å². The van der Waals surface area contributed by atoms with Gasteiger partial charge in [-0.1, -0.05) is 11.6 Å². The minimum Gasteiger partial charge on any atom is -0.478 e. The van der Waals surface area contributed by atoms with E-state index in [0.29, 0.717) is 29.8 Å². The SMILES string of the molecule is [C-]#[N+]c1c(C)cc(Nc2cc(OCC)[nH]n2)nc1Cl. The topological polar surface area (TPSA) is 67.2 Å². The van der Waals surface area contributed by atoms with Crippen LogP contribution in [0.1, 0.15) is 12.5 Å². The second-order valence-electron chi connectivity index (χ2n) is 3.75. The highest BCUT2D eigenvalue weighted by Crippen LogP contribution is 2.30. The lowest BCUT2D eigenvalue weighted by molar-refractivity contribution is 0.326. The zero-order chi connectivity index (χ0) is 13.8. The summed E-state index contributed by atoms with van der Waals surface area (Å²) in [7, 11) is 0. The first kappa shape index (κ1) is 13.2. The third kappa shape index (κ3) is 2.95. The number of aromatic nitrogens is 3. The summed E-state index contributed by atoms with van der Waals surface area (Å²) in [5.74, 6) is 1.68. The number of H-pyrrole nitrogens is 1. The van der Waals surface area contributed by atoms with Crippen LogP contribution in [0, 0.1) is 13.5 Å². The van der Waals surface area contributed by atoms with Gasteiger partial charge in [-0.15, -0.1) is 0 Å². The zero-order valence-electron chi connectivity index (χ0n) is 10.5. The number of halogens is 1. The van der Waals surface area contributed by atoms with Crippen LogP contribution in [0.2, 0.25) is 5.15 Å². The van der Waals surface area contributed by atoms with Crippen LogP contribution in [-0.4, -0.2) is 21.8 Å². The molecule has 0 spiro atoms. The molecule has 2 rings (SSSR count). The molecule has 7 heteroatoms. The molecule has 2 aromatic heterocycles. The van der Waals surface area contributed by atoms with Crippen molar-refractivity contribution in [1.29, 1.82) is 0 Å². The lowest BCUT2D eigenvalue weighted by Crippen LogP contribution is -1.95. The van der Waals surface area contributed by atoms with E-state index >= 15 is 0 Å². The molecule has 6 nitrogen and oxygen atoms in total. The lowest BCUT2D eigenvalue weighted by Gasteiger charge is -2.05. The van der Waals surface area contributed by atoms with Gasteiger partial charge in [-0.05, 0) is 25.5 Å². The van der Waals surface area contributed by atoms with E-state index in [-0.39, 0.29) is 5.15 Å². The Morgan fingerprint density at radius 3 is 2.89 bits per heavy atom. The van der Waals surface area contributed by atoms with E-state index in [0.717, 1.165) is 5.56 Å². The van der Waals surface area contributed by atoms with Crippen molar-refractivity contribution in [3.63, 3.8) is 0 Å². The van der Waals surface area contributed by atoms with Crippen LogP contribution in [0.3, 0.4) is 0 Å². The minimum atomic E-state index is 0.179. The van der Waals surface area contributed by atoms with Crippen molar-refractivity contribution in [3.05, 3.63) is 34.3 Å². The van der Waals surface area contributed by atoms with E-state index in [1.807, 2.05) is 13.8 Å². The van der Waals surface area contributed by atoms with Gasteiger partial charge in [0.05, 0.1) is 13.2 Å². The first-order valence-electron chi connectivity index (χ1n) is 5.64. The molecule has 19 heavy (non-hydrogen) atoms. The Bertz CT molecular complexity index is 608. The van der Waals surface area contributed by atoms with E-state index in [2.05, 4.69) is 25.3 Å². The van der Waals surface area contributed by atoms with E-state index in [9.17, 15) is 0 Å². The molecule has 0 aliphatic carbocycles. The second kappa shape index (κ2) is 5.59. The Kier molecular flexibility index (Phi) is 3.88. The molecule has 2 heterocycles. The fourth-order valence-corrected chi connectivity index (χ4v) is 1.84. The number of nitrogens with zero attached hydrogens (tertiary/aromatic N) is 3. The summed E-state index contributed by atoms with van der Waals surface area (Å²) in [6.45, 7) is 11.3. The molecular weight excluding hydrogens is 266 g/mol. The number of pyridine rings is 1. The van der Waals surface area contributed by atoms with Gasteiger partial charge in [-0.2, -0.15) is 5.10 Å². The zero-order valence-corrected chi connectivity index (χ0v) is 11.2. The Balaban J connectivity index is 2.21. The molecular formula is C12H12ClN5O. The first-order chi connectivity index (χ1) is 9.13. The molecule has 0 fully saturated rings. The maximum atomic E-state index is 7.01. The number of hydrogen-bond acceptors (Lipinski definition) is 4. The largest absolute Gasteiger partial charge is 0.478 e. The van der Waals surface area contributed by atoms with Gasteiger partial charge in [-0.25, -0.2) is 14.9 Å². The highest BCUT2D eigenvalue weighted by Gasteiger charge is 2.09. The molecule has 98 valence electrons. The summed E-state index contributed by atoms with van der Waals surface area (Å²) in [5.41, 5.74) is 1.13. The molecule has 0 unspecified atom stereocenters. The van der Waals surface area contributed by atoms with Crippen molar-refractivity contribution in [2.24, 2.45) is 0 Å². The monoisotopic (exact) mass is 277 g/mol. The maximum absolute atomic E-state index is 7.01. The summed E-state index contributed by atoms with van der Waals surface area (Å²) < 4.78 is 5.26. The number of anilines is 2. The molecule has 0 atom stereocenters. The number of aromatic amines is 1. The number of nitrogens with one attached hydrogen (secondary N) is 2. The van der Waals surface area contributed by atoms with Crippen molar-refractivity contribution in [1.82, 2.24) is 15.2 Å². The molecule has 0 bridgehead atoms. The van der Waals surface area contributed by atoms with Gasteiger partial charge in [0.1, 0.15) is 11.0 Å². The van der Waals surface area contributed by atoms with Gasteiger partial charge in [-0.3, -0.25) is 0 Å². The van der Waals surface area contributed by atoms with Gasteiger partial charge in [0.15, 0.2) is 5.82 Å². The van der Waals surface area contributed by atoms with Crippen LogP contribution >= 0.6 is 11.6 Å². The van der Waals surface area contributed by atoms with E-state index in [4.69, 9.17) is 22.9 Å². The van der Waals surface area contributed by atoms with Gasteiger partial charge >= 0.3 is 0 Å². The first-order valence-corrected chi connectivity index (χ1v) is 6.01. The summed E-state index contributed by atoms with van der Waals surface area (Å²) in [5, 5.41) is 9.94. The van der Waals surface area contributed by atoms with Gasteiger partial charge in [0.2, 0.25) is 11.6 Å². The van der Waals surface area contributed by atoms with Crippen molar-refractivity contribution in [3.8, 4) is 5.88 Å². The third-order valence-corrected chi connectivity index (χ3v) is 2.63. The molecule has 0 saturated carbocycles. The molecule has 2 aromatic rings. The van der Waals surface area contributed by atoms with Crippen molar-refractivity contribution >= 4 is 28.9 Å². The summed E-state index contributed by atoms with van der Waals surface area (Å²) in [4.78, 5) is 7.43. The summed E-state index contributed by atoms with van der Waals surface area (Å²) >= 11 is 5.94. The van der Waals surface area contributed by atoms with Crippen molar-refractivity contribution in [2.45, 2.75) is 13.8 Å². The Hall–Kier alpha value is -2.26. The van der Waals surface area contributed by atoms with Gasteiger partial charge < -0.3 is 10.1 Å². The fourth-order valence-electron chi connectivity index (χ4n) is 1.55. The number of aryl methyl sites for hydroxylation is 1. The molecule has 0 amide bonds. The van der Waals surface area contributed by atoms with Crippen LogP contribution in [0.15, 0.2) is 12.1 Å². The minimum absolute atomic E-state index is 0.179. The lowest BCUT2D eigenvalue weighted by atomic mass is 10.2. The highest BCUT2D eigenvalue weighted by atomic mass is 35.5. The van der Waals surface area contributed by atoms with Crippen molar-refractivity contribution < 1.29 is 4.74 Å². The quantitative estimate of drug-likeness (QED) is 0.663. The Morgan fingerprint density at radius 1 is 1.47 bits per heavy atom. The molecule has 0 aliphatic heterocycles. The molecule has 0 radical (unpaired) electrons. The average molecular weight is 278 g/mol. The van der Waals surface area contributed by atoms with E-state index in [1.165, 1.54) is 0 Å². The Morgan fingerprint density at radius 2 is 2.26 bits per heavy atom. The molecule has 0 saturated heterocycles. The smallest absolute Gasteiger partial charge is 0.226 e. The predicted molar refractivity (Wildman–Crippen MR) is 73.3 cm³/mol. The summed E-state index contributed by atoms with van der Waals surface area (Å²) in [6, 6.07) is 3.46. The van der Waals surface area contributed by atoms with Crippen LogP contribution in [0.4, 0.5) is 17.3 Å². The van der Waals surface area contributed by atoms with Gasteiger partial charge in [0, 0.05) is 6.07 Å². The van der Waals surface area contributed by atoms with Crippen LogP contribution in [0.25, 0.3) is 4.85 Å². The highest BCUT2D eigenvalue weighted by molar-refractivity contribution is 6.32. The van der Waals surface area contributed by atoms with Crippen LogP contribution in [0.5, 0.6) is 5.88 Å². The Labute approximate surface area is 115 Å². The number of rotatable bonds is 4. The fraction of sp³-hybridized carbons (Fsp3) is 0.250. The number of hydrogen-bond donors (Lipinski definition) is 2. The normalized spacial score (nSPS) is 10.0. The van der Waals surface area contributed by atoms with E-state index in [1.54, 1.807) is 12.1 Å².